The maximum absolute atomic E-state index is 12.5. The molecule has 5 nitrogen and oxygen atoms in total. The average molecular weight is 448 g/mol. The van der Waals surface area contributed by atoms with Gasteiger partial charge in [-0.25, -0.2) is 0 Å². The lowest BCUT2D eigenvalue weighted by molar-refractivity contribution is -0.158. The zero-order valence-corrected chi connectivity index (χ0v) is 20.5. The van der Waals surface area contributed by atoms with Gasteiger partial charge in [-0.1, -0.05) is 109 Å². The van der Waals surface area contributed by atoms with E-state index in [0.29, 0.717) is 6.42 Å². The van der Waals surface area contributed by atoms with Gasteiger partial charge in [0.05, 0.1) is 6.42 Å². The third-order valence-corrected chi connectivity index (χ3v) is 6.08. The number of esters is 2. The number of hydrogen-bond acceptors (Lipinski definition) is 5. The van der Waals surface area contributed by atoms with Crippen LogP contribution >= 0.6 is 0 Å². The van der Waals surface area contributed by atoms with Gasteiger partial charge in [-0.2, -0.15) is 0 Å². The SMILES string of the molecule is CCCCCCCCCCCC(CC(=O)OCc1ccccc1)OC(=O)[C@@H](N)[C@@H](C)CC. The van der Waals surface area contributed by atoms with Crippen molar-refractivity contribution >= 4 is 11.9 Å². The first kappa shape index (κ1) is 28.2. The summed E-state index contributed by atoms with van der Waals surface area (Å²) < 4.78 is 11.1. The maximum atomic E-state index is 12.5. The normalized spacial score (nSPS) is 13.9. The summed E-state index contributed by atoms with van der Waals surface area (Å²) in [7, 11) is 0. The molecular weight excluding hydrogens is 402 g/mol. The van der Waals surface area contributed by atoms with E-state index in [9.17, 15) is 9.59 Å². The molecule has 5 heteroatoms. The molecule has 2 N–H and O–H groups in total. The third-order valence-electron chi connectivity index (χ3n) is 6.08. The molecule has 0 spiro atoms. The highest BCUT2D eigenvalue weighted by Crippen LogP contribution is 2.17. The molecule has 32 heavy (non-hydrogen) atoms. The molecule has 182 valence electrons. The zero-order valence-electron chi connectivity index (χ0n) is 20.5. The van der Waals surface area contributed by atoms with Crippen LogP contribution in [0.5, 0.6) is 0 Å². The number of unbranched alkanes of at least 4 members (excludes halogenated alkanes) is 8. The van der Waals surface area contributed by atoms with Crippen molar-refractivity contribution < 1.29 is 19.1 Å². The molecule has 0 aliphatic rings. The number of ether oxygens (including phenoxy) is 2. The van der Waals surface area contributed by atoms with Gasteiger partial charge in [-0.05, 0) is 24.3 Å². The molecular formula is C27H45NO4. The van der Waals surface area contributed by atoms with E-state index in [1.807, 2.05) is 44.2 Å². The highest BCUT2D eigenvalue weighted by atomic mass is 16.6. The first-order valence-corrected chi connectivity index (χ1v) is 12.6. The summed E-state index contributed by atoms with van der Waals surface area (Å²) in [6.45, 7) is 6.40. The van der Waals surface area contributed by atoms with Gasteiger partial charge in [0.15, 0.2) is 0 Å². The predicted octanol–water partition coefficient (Wildman–Crippen LogP) is 6.33. The fraction of sp³-hybridized carbons (Fsp3) is 0.704. The Morgan fingerprint density at radius 2 is 1.50 bits per heavy atom. The van der Waals surface area contributed by atoms with Crippen molar-refractivity contribution in [2.45, 2.75) is 117 Å². The minimum atomic E-state index is -0.661. The molecule has 1 aromatic carbocycles. The topological polar surface area (TPSA) is 78.6 Å². The van der Waals surface area contributed by atoms with Gasteiger partial charge in [0.2, 0.25) is 0 Å². The standard InChI is InChI=1S/C27H45NO4/c1-4-6-7-8-9-10-11-12-16-19-24(32-27(30)26(28)22(3)5-2)20-25(29)31-21-23-17-14-13-15-18-23/h13-15,17-18,22,24,26H,4-12,16,19-21,28H2,1-3H3/t22-,24?,26-/m0/s1. The van der Waals surface area contributed by atoms with Crippen LogP contribution in [0.25, 0.3) is 0 Å². The minimum absolute atomic E-state index is 0.0425. The Morgan fingerprint density at radius 3 is 2.09 bits per heavy atom. The highest BCUT2D eigenvalue weighted by Gasteiger charge is 2.26. The van der Waals surface area contributed by atoms with Crippen LogP contribution < -0.4 is 5.73 Å². The summed E-state index contributed by atoms with van der Waals surface area (Å²) in [6.07, 6.45) is 12.0. The molecule has 0 radical (unpaired) electrons. The Bertz CT molecular complexity index is 619. The number of nitrogens with two attached hydrogens (primary N) is 1. The van der Waals surface area contributed by atoms with Gasteiger partial charge in [0.25, 0.3) is 0 Å². The lowest BCUT2D eigenvalue weighted by Gasteiger charge is -2.22. The number of rotatable bonds is 18. The summed E-state index contributed by atoms with van der Waals surface area (Å²) >= 11 is 0. The van der Waals surface area contributed by atoms with Gasteiger partial charge >= 0.3 is 11.9 Å². The van der Waals surface area contributed by atoms with Crippen molar-refractivity contribution in [1.82, 2.24) is 0 Å². The third kappa shape index (κ3) is 12.8. The molecule has 3 atom stereocenters. The van der Waals surface area contributed by atoms with E-state index in [2.05, 4.69) is 6.92 Å². The molecule has 0 aromatic heterocycles. The van der Waals surface area contributed by atoms with Crippen molar-refractivity contribution in [1.29, 1.82) is 0 Å². The smallest absolute Gasteiger partial charge is 0.323 e. The van der Waals surface area contributed by atoms with Crippen molar-refractivity contribution in [3.63, 3.8) is 0 Å². The number of carbonyl (C=O) groups is 2. The van der Waals surface area contributed by atoms with Gasteiger partial charge in [0, 0.05) is 0 Å². The highest BCUT2D eigenvalue weighted by molar-refractivity contribution is 5.77. The predicted molar refractivity (Wildman–Crippen MR) is 130 cm³/mol. The minimum Gasteiger partial charge on any atom is -0.461 e. The van der Waals surface area contributed by atoms with Gasteiger partial charge < -0.3 is 15.2 Å². The van der Waals surface area contributed by atoms with E-state index in [4.69, 9.17) is 15.2 Å². The van der Waals surface area contributed by atoms with Gasteiger partial charge in [0.1, 0.15) is 18.8 Å². The Kier molecular flexibility index (Phi) is 15.5. The fourth-order valence-electron chi connectivity index (χ4n) is 3.60. The summed E-state index contributed by atoms with van der Waals surface area (Å²) in [5.41, 5.74) is 6.98. The summed E-state index contributed by atoms with van der Waals surface area (Å²) in [5.74, 6) is -0.725. The Hall–Kier alpha value is -1.88. The average Bonchev–Trinajstić information content (AvgIpc) is 2.81. The molecule has 0 saturated carbocycles. The van der Waals surface area contributed by atoms with Gasteiger partial charge in [-0.15, -0.1) is 0 Å². The lowest BCUT2D eigenvalue weighted by atomic mass is 10.00. The molecule has 1 unspecified atom stereocenters. The van der Waals surface area contributed by atoms with Crippen molar-refractivity contribution in [3.8, 4) is 0 Å². The van der Waals surface area contributed by atoms with Crippen LogP contribution in [-0.2, 0) is 25.7 Å². The zero-order chi connectivity index (χ0) is 23.6. The summed E-state index contributed by atoms with van der Waals surface area (Å²) in [6, 6.07) is 8.91. The second kappa shape index (κ2) is 17.6. The quantitative estimate of drug-likeness (QED) is 0.210. The van der Waals surface area contributed by atoms with Crippen molar-refractivity contribution in [3.05, 3.63) is 35.9 Å². The Morgan fingerprint density at radius 1 is 0.906 bits per heavy atom. The first-order valence-electron chi connectivity index (χ1n) is 12.6. The maximum Gasteiger partial charge on any atom is 0.323 e. The fourth-order valence-corrected chi connectivity index (χ4v) is 3.60. The molecule has 0 amide bonds. The molecule has 1 rings (SSSR count). The molecule has 0 bridgehead atoms. The molecule has 0 fully saturated rings. The second-order valence-electron chi connectivity index (χ2n) is 8.94. The van der Waals surface area contributed by atoms with Crippen molar-refractivity contribution in [2.24, 2.45) is 11.7 Å². The number of benzene rings is 1. The first-order chi connectivity index (χ1) is 15.5. The van der Waals surface area contributed by atoms with E-state index in [0.717, 1.165) is 24.8 Å². The second-order valence-corrected chi connectivity index (χ2v) is 8.94. The van der Waals surface area contributed by atoms with Crippen LogP contribution in [0.4, 0.5) is 0 Å². The monoisotopic (exact) mass is 447 g/mol. The van der Waals surface area contributed by atoms with Crippen LogP contribution in [0.2, 0.25) is 0 Å². The number of carbonyl (C=O) groups excluding carboxylic acids is 2. The summed E-state index contributed by atoms with van der Waals surface area (Å²) in [5, 5.41) is 0. The number of hydrogen-bond donors (Lipinski definition) is 1. The van der Waals surface area contributed by atoms with Crippen LogP contribution in [-0.4, -0.2) is 24.1 Å². The van der Waals surface area contributed by atoms with E-state index < -0.39 is 18.1 Å². The molecule has 0 saturated heterocycles. The van der Waals surface area contributed by atoms with Crippen LogP contribution in [0.15, 0.2) is 30.3 Å². The largest absolute Gasteiger partial charge is 0.461 e. The molecule has 0 heterocycles. The Labute approximate surface area is 195 Å². The van der Waals surface area contributed by atoms with Crippen LogP contribution in [0.1, 0.15) is 103 Å². The molecule has 0 aliphatic heterocycles. The Balaban J connectivity index is 2.45. The van der Waals surface area contributed by atoms with E-state index in [1.54, 1.807) is 0 Å². The lowest BCUT2D eigenvalue weighted by Crippen LogP contribution is -2.40. The molecule has 1 aromatic rings. The van der Waals surface area contributed by atoms with Crippen LogP contribution in [0, 0.1) is 5.92 Å². The molecule has 0 aliphatic carbocycles. The van der Waals surface area contributed by atoms with E-state index >= 15 is 0 Å². The van der Waals surface area contributed by atoms with Gasteiger partial charge in [-0.3, -0.25) is 9.59 Å². The van der Waals surface area contributed by atoms with Crippen molar-refractivity contribution in [2.75, 3.05) is 0 Å². The van der Waals surface area contributed by atoms with E-state index in [1.165, 1.54) is 44.9 Å². The summed E-state index contributed by atoms with van der Waals surface area (Å²) in [4.78, 5) is 24.9. The van der Waals surface area contributed by atoms with Crippen LogP contribution in [0.3, 0.4) is 0 Å². The van der Waals surface area contributed by atoms with E-state index in [-0.39, 0.29) is 24.9 Å².